The molecule has 1 fully saturated rings. The monoisotopic (exact) mass is 246 g/mol. The van der Waals surface area contributed by atoms with Gasteiger partial charge in [-0.2, -0.15) is 11.8 Å². The molecule has 17 heavy (non-hydrogen) atoms. The van der Waals surface area contributed by atoms with Crippen LogP contribution in [0.25, 0.3) is 11.0 Å². The normalized spacial score (nSPS) is 25.4. The highest BCUT2D eigenvalue weighted by Gasteiger charge is 2.25. The summed E-state index contributed by atoms with van der Waals surface area (Å²) in [7, 11) is 0. The third-order valence-electron chi connectivity index (χ3n) is 3.25. The molecule has 3 nitrogen and oxygen atoms in total. The van der Waals surface area contributed by atoms with Crippen LogP contribution in [0.4, 0.5) is 5.69 Å². The van der Waals surface area contributed by atoms with Gasteiger partial charge in [-0.25, -0.2) is 4.98 Å². The minimum atomic E-state index is 0.472. The van der Waals surface area contributed by atoms with Gasteiger partial charge in [0.05, 0.1) is 17.4 Å². The molecule has 0 spiro atoms. The number of nitrogens with one attached hydrogen (secondary N) is 1. The molecule has 2 atom stereocenters. The number of aromatic nitrogens is 2. The first-order chi connectivity index (χ1) is 8.25. The molecule has 1 saturated heterocycles. The van der Waals surface area contributed by atoms with Crippen molar-refractivity contribution < 1.29 is 0 Å². The largest absolute Gasteiger partial charge is 0.364 e. The van der Waals surface area contributed by atoms with Gasteiger partial charge in [0.25, 0.3) is 0 Å². The quantitative estimate of drug-likeness (QED) is 0.839. The Morgan fingerprint density at radius 3 is 3.12 bits per heavy atom. The van der Waals surface area contributed by atoms with E-state index in [1.165, 1.54) is 5.69 Å². The minimum Gasteiger partial charge on any atom is -0.364 e. The Hall–Kier alpha value is -1.16. The zero-order valence-electron chi connectivity index (χ0n) is 10.1. The fourth-order valence-corrected chi connectivity index (χ4v) is 3.41. The average molecular weight is 246 g/mol. The smallest absolute Gasteiger partial charge is 0.0931 e. The number of aromatic amines is 1. The topological polar surface area (TPSA) is 31.9 Å². The number of anilines is 1. The van der Waals surface area contributed by atoms with Gasteiger partial charge in [0.1, 0.15) is 0 Å². The van der Waals surface area contributed by atoms with E-state index in [-0.39, 0.29) is 0 Å². The highest BCUT2D eigenvalue weighted by Crippen LogP contribution is 2.31. The van der Waals surface area contributed by atoms with Crippen LogP contribution in [0.3, 0.4) is 0 Å². The van der Waals surface area contributed by atoms with Crippen LogP contribution >= 0.6 is 11.8 Å². The zero-order chi connectivity index (χ0) is 11.8. The van der Waals surface area contributed by atoms with Crippen LogP contribution in [0.2, 0.25) is 0 Å². The lowest BCUT2D eigenvalue weighted by atomic mass is 10.1. The molecule has 0 saturated carbocycles. The number of benzene rings is 1. The van der Waals surface area contributed by atoms with Gasteiger partial charge in [0.2, 0.25) is 0 Å². The summed E-state index contributed by atoms with van der Waals surface area (Å²) in [5.41, 5.74) is 3.41. The summed E-state index contributed by atoms with van der Waals surface area (Å²) in [5.74, 6) is 3.47. The number of thioether (sulfide) groups is 1. The predicted octanol–water partition coefficient (Wildman–Crippen LogP) is 3.05. The molecule has 1 aromatic carbocycles. The third kappa shape index (κ3) is 1.90. The van der Waals surface area contributed by atoms with E-state index in [1.54, 1.807) is 6.33 Å². The molecule has 1 aliphatic heterocycles. The number of hydrogen-bond acceptors (Lipinski definition) is 3. The maximum Gasteiger partial charge on any atom is 0.0931 e. The van der Waals surface area contributed by atoms with Crippen LogP contribution in [0.1, 0.15) is 13.8 Å². The van der Waals surface area contributed by atoms with E-state index in [0.29, 0.717) is 12.1 Å². The summed E-state index contributed by atoms with van der Waals surface area (Å²) in [6, 6.07) is 7.50. The molecule has 2 aromatic rings. The van der Waals surface area contributed by atoms with Gasteiger partial charge in [-0.05, 0) is 32.0 Å². The van der Waals surface area contributed by atoms with Crippen molar-refractivity contribution in [1.82, 2.24) is 9.97 Å². The van der Waals surface area contributed by atoms with Crippen molar-refractivity contribution >= 4 is 28.5 Å². The van der Waals surface area contributed by atoms with Crippen LogP contribution in [0, 0.1) is 5.75 Å². The van der Waals surface area contributed by atoms with Gasteiger partial charge in [0.15, 0.2) is 0 Å². The lowest BCUT2D eigenvalue weighted by Gasteiger charge is -2.40. The molecule has 3 rings (SSSR count). The Morgan fingerprint density at radius 2 is 2.29 bits per heavy atom. The van der Waals surface area contributed by atoms with Crippen molar-refractivity contribution in [3.8, 4) is 0 Å². The molecular weight excluding hydrogens is 230 g/mol. The number of hydrogen-bond donors (Lipinski definition) is 1. The van der Waals surface area contributed by atoms with E-state index in [0.717, 1.165) is 16.8 Å². The molecule has 2 unspecified atom stereocenters. The summed E-state index contributed by atoms with van der Waals surface area (Å²) < 4.78 is 0. The Kier molecular flexibility index (Phi) is 2.74. The minimum absolute atomic E-state index is 0.472. The molecule has 1 N–H and O–H groups in total. The van der Waals surface area contributed by atoms with E-state index in [4.69, 9.17) is 0 Å². The Morgan fingerprint density at radius 1 is 1.41 bits per heavy atom. The zero-order valence-corrected chi connectivity index (χ0v) is 10.9. The summed E-state index contributed by atoms with van der Waals surface area (Å²) in [5, 5.41) is 0. The first-order valence-electron chi connectivity index (χ1n) is 5.92. The van der Waals surface area contributed by atoms with Crippen molar-refractivity contribution in [2.24, 2.45) is 0 Å². The summed E-state index contributed by atoms with van der Waals surface area (Å²) in [4.78, 5) is 9.92. The maximum absolute atomic E-state index is 4.33. The summed E-state index contributed by atoms with van der Waals surface area (Å²) >= 11 is 1.93. The average Bonchev–Trinajstić information content (AvgIpc) is 2.76. The molecule has 0 aliphatic carbocycles. The fraction of sp³-hybridized carbons (Fsp3) is 0.385. The Bertz CT molecular complexity index is 512. The van der Waals surface area contributed by atoms with Crippen LogP contribution in [-0.2, 0) is 0 Å². The van der Waals surface area contributed by atoms with Gasteiger partial charge < -0.3 is 9.88 Å². The van der Waals surface area contributed by atoms with Gasteiger partial charge in [-0.3, -0.25) is 0 Å². The highest BCUT2D eigenvalue weighted by atomic mass is 32.2. The van der Waals surface area contributed by atoms with E-state index in [1.807, 2.05) is 11.8 Å². The van der Waals surface area contributed by atoms with E-state index < -0.39 is 0 Å². The molecule has 89 valence electrons. The number of H-pyrrole nitrogens is 1. The predicted molar refractivity (Wildman–Crippen MR) is 74.3 cm³/mol. The number of nitrogens with zero attached hydrogens (tertiary/aromatic N) is 2. The van der Waals surface area contributed by atoms with Crippen LogP contribution in [-0.4, -0.2) is 27.8 Å². The van der Waals surface area contributed by atoms with Gasteiger partial charge in [-0.15, -0.1) is 0 Å². The maximum atomic E-state index is 4.33. The fourth-order valence-electron chi connectivity index (χ4n) is 2.45. The number of fused-ring (bicyclic) bond motifs is 1. The van der Waals surface area contributed by atoms with Crippen molar-refractivity contribution in [3.63, 3.8) is 0 Å². The van der Waals surface area contributed by atoms with Crippen molar-refractivity contribution in [2.45, 2.75) is 25.9 Å². The van der Waals surface area contributed by atoms with Crippen LogP contribution in [0.15, 0.2) is 24.5 Å². The second kappa shape index (κ2) is 4.26. The second-order valence-corrected chi connectivity index (χ2v) is 5.51. The molecule has 1 aromatic heterocycles. The first kappa shape index (κ1) is 11.0. The highest BCUT2D eigenvalue weighted by molar-refractivity contribution is 8.01. The van der Waals surface area contributed by atoms with Gasteiger partial charge in [-0.1, -0.05) is 0 Å². The molecule has 2 heterocycles. The summed E-state index contributed by atoms with van der Waals surface area (Å²) in [6.45, 7) is 4.53. The number of imidazole rings is 1. The van der Waals surface area contributed by atoms with E-state index >= 15 is 0 Å². The van der Waals surface area contributed by atoms with Crippen LogP contribution < -0.4 is 4.90 Å². The lowest BCUT2D eigenvalue weighted by molar-refractivity contribution is 0.628. The first-order valence-corrected chi connectivity index (χ1v) is 6.97. The van der Waals surface area contributed by atoms with Crippen molar-refractivity contribution in [2.75, 3.05) is 10.7 Å². The van der Waals surface area contributed by atoms with Crippen molar-refractivity contribution in [1.29, 1.82) is 0 Å². The SMILES string of the molecule is CC1[CH]SCC(C)N1c1ccc2[nH]cnc2c1. The van der Waals surface area contributed by atoms with Crippen LogP contribution in [0.5, 0.6) is 0 Å². The molecule has 1 aliphatic rings. The molecular formula is C13H16N3S. The van der Waals surface area contributed by atoms with Gasteiger partial charge >= 0.3 is 0 Å². The van der Waals surface area contributed by atoms with E-state index in [2.05, 4.69) is 52.7 Å². The molecule has 1 radical (unpaired) electrons. The number of rotatable bonds is 1. The lowest BCUT2D eigenvalue weighted by Crippen LogP contribution is -2.44. The van der Waals surface area contributed by atoms with Crippen molar-refractivity contribution in [3.05, 3.63) is 30.3 Å². The third-order valence-corrected chi connectivity index (χ3v) is 4.51. The summed E-state index contributed by atoms with van der Waals surface area (Å²) in [6.07, 6.45) is 1.75. The van der Waals surface area contributed by atoms with E-state index in [9.17, 15) is 0 Å². The Balaban J connectivity index is 2.00. The van der Waals surface area contributed by atoms with Gasteiger partial charge in [0, 0.05) is 29.3 Å². The standard InChI is InChI=1S/C13H16N3S/c1-9-6-17-7-10(2)16(9)11-3-4-12-13(5-11)15-8-14-12/h3-6,8-10H,7H2,1-2H3,(H,14,15). The molecule has 4 heteroatoms. The Labute approximate surface area is 106 Å². The molecule has 0 amide bonds. The second-order valence-electron chi connectivity index (χ2n) is 4.57. The molecule has 0 bridgehead atoms.